The van der Waals surface area contributed by atoms with Gasteiger partial charge >= 0.3 is 0 Å². The minimum Gasteiger partial charge on any atom is -0.382 e. The molecule has 1 saturated heterocycles. The number of rotatable bonds is 6. The summed E-state index contributed by atoms with van der Waals surface area (Å²) in [6.07, 6.45) is 2.46. The van der Waals surface area contributed by atoms with Crippen molar-refractivity contribution in [1.29, 1.82) is 0 Å². The molecule has 12 heteroatoms. The molecule has 0 radical (unpaired) electrons. The molecule has 1 aliphatic carbocycles. The van der Waals surface area contributed by atoms with Gasteiger partial charge in [0.05, 0.1) is 22.0 Å². The SMILES string of the molecule is Nc1ncccc1N1CC2(C1)C(=O)N(C[C@H]1CC[C@H](NC(=O)c3cc(Cl)cnc3C(F)F)CC1)c1cc(F)ccc12. The molecule has 3 aliphatic rings. The van der Waals surface area contributed by atoms with E-state index in [2.05, 4.69) is 15.3 Å². The summed E-state index contributed by atoms with van der Waals surface area (Å²) in [7, 11) is 0. The standard InChI is InChI=1S/C29H28ClF3N6O2/c30-17-10-20(24(25(32)33)36-12-17)27(40)37-19-6-3-16(4-7-19)13-39-23-11-18(31)5-8-21(23)29(28(39)41)14-38(15-29)22-2-1-9-35-26(22)34/h1-2,5,8-12,16,19,25H,3-4,6-7,13-15H2,(H2,34,35)(H,37,40)/t16-,19-. The van der Waals surface area contributed by atoms with Gasteiger partial charge in [-0.05, 0) is 67.5 Å². The number of nitrogens with two attached hydrogens (primary N) is 1. The first-order valence-corrected chi connectivity index (χ1v) is 13.9. The molecule has 8 nitrogen and oxygen atoms in total. The number of alkyl halides is 2. The number of pyridine rings is 2. The molecule has 1 saturated carbocycles. The molecule has 214 valence electrons. The van der Waals surface area contributed by atoms with Crippen molar-refractivity contribution in [2.24, 2.45) is 5.92 Å². The summed E-state index contributed by atoms with van der Waals surface area (Å²) < 4.78 is 41.1. The zero-order valence-electron chi connectivity index (χ0n) is 22.0. The van der Waals surface area contributed by atoms with Gasteiger partial charge in [-0.3, -0.25) is 14.6 Å². The lowest BCUT2D eigenvalue weighted by Gasteiger charge is -2.48. The molecule has 0 unspecified atom stereocenters. The predicted octanol–water partition coefficient (Wildman–Crippen LogP) is 4.88. The Kier molecular flexibility index (Phi) is 7.01. The van der Waals surface area contributed by atoms with Gasteiger partial charge < -0.3 is 20.9 Å². The zero-order chi connectivity index (χ0) is 28.9. The van der Waals surface area contributed by atoms with Crippen molar-refractivity contribution in [3.63, 3.8) is 0 Å². The topological polar surface area (TPSA) is 104 Å². The Morgan fingerprint density at radius 3 is 2.59 bits per heavy atom. The molecule has 0 bridgehead atoms. The number of nitrogens with zero attached hydrogens (tertiary/aromatic N) is 4. The number of nitrogen functional groups attached to an aromatic ring is 1. The summed E-state index contributed by atoms with van der Waals surface area (Å²) in [5.41, 5.74) is 6.62. The van der Waals surface area contributed by atoms with Gasteiger partial charge in [-0.2, -0.15) is 0 Å². The fourth-order valence-corrected chi connectivity index (χ4v) is 6.53. The van der Waals surface area contributed by atoms with E-state index in [1.165, 1.54) is 18.2 Å². The van der Waals surface area contributed by atoms with E-state index in [0.717, 1.165) is 17.4 Å². The van der Waals surface area contributed by atoms with Crippen molar-refractivity contribution < 1.29 is 22.8 Å². The lowest BCUT2D eigenvalue weighted by Crippen LogP contribution is -2.64. The van der Waals surface area contributed by atoms with Crippen LogP contribution in [0.25, 0.3) is 0 Å². The second-order valence-corrected chi connectivity index (χ2v) is 11.4. The molecular formula is C29H28ClF3N6O2. The van der Waals surface area contributed by atoms with E-state index >= 15 is 0 Å². The second kappa shape index (κ2) is 10.5. The first-order valence-electron chi connectivity index (χ1n) is 13.5. The quantitative estimate of drug-likeness (QED) is 0.428. The van der Waals surface area contributed by atoms with Crippen LogP contribution in [-0.4, -0.2) is 47.5 Å². The number of fused-ring (bicyclic) bond motifs is 2. The summed E-state index contributed by atoms with van der Waals surface area (Å²) in [4.78, 5) is 38.2. The summed E-state index contributed by atoms with van der Waals surface area (Å²) in [6, 6.07) is 9.18. The van der Waals surface area contributed by atoms with Crippen molar-refractivity contribution in [1.82, 2.24) is 15.3 Å². The molecule has 2 fully saturated rings. The molecule has 3 aromatic rings. The van der Waals surface area contributed by atoms with Gasteiger partial charge in [0.25, 0.3) is 12.3 Å². The number of hydrogen-bond donors (Lipinski definition) is 2. The molecule has 4 heterocycles. The number of benzene rings is 1. The van der Waals surface area contributed by atoms with E-state index in [-0.39, 0.29) is 28.5 Å². The highest BCUT2D eigenvalue weighted by molar-refractivity contribution is 6.30. The lowest BCUT2D eigenvalue weighted by atomic mass is 9.74. The number of nitrogens with one attached hydrogen (secondary N) is 1. The molecule has 2 aliphatic heterocycles. The smallest absolute Gasteiger partial charge is 0.281 e. The Labute approximate surface area is 239 Å². The van der Waals surface area contributed by atoms with E-state index in [4.69, 9.17) is 17.3 Å². The number of halogens is 4. The maximum atomic E-state index is 14.4. The maximum Gasteiger partial charge on any atom is 0.281 e. The van der Waals surface area contributed by atoms with Crippen LogP contribution in [0.1, 0.15) is 53.7 Å². The van der Waals surface area contributed by atoms with Crippen LogP contribution in [-0.2, 0) is 10.2 Å². The Morgan fingerprint density at radius 2 is 1.88 bits per heavy atom. The monoisotopic (exact) mass is 584 g/mol. The van der Waals surface area contributed by atoms with E-state index in [0.29, 0.717) is 56.8 Å². The number of carbonyl (C=O) groups excluding carboxylic acids is 2. The highest BCUT2D eigenvalue weighted by atomic mass is 35.5. The van der Waals surface area contributed by atoms with E-state index in [1.54, 1.807) is 23.2 Å². The second-order valence-electron chi connectivity index (χ2n) is 11.0. The van der Waals surface area contributed by atoms with Crippen molar-refractivity contribution in [2.75, 3.05) is 35.2 Å². The predicted molar refractivity (Wildman–Crippen MR) is 149 cm³/mol. The van der Waals surface area contributed by atoms with Crippen LogP contribution in [0.2, 0.25) is 5.02 Å². The number of anilines is 3. The van der Waals surface area contributed by atoms with Crippen molar-refractivity contribution in [3.05, 3.63) is 76.5 Å². The van der Waals surface area contributed by atoms with Crippen molar-refractivity contribution >= 4 is 40.6 Å². The summed E-state index contributed by atoms with van der Waals surface area (Å²) >= 11 is 5.89. The molecule has 0 atom stereocenters. The van der Waals surface area contributed by atoms with E-state index in [1.807, 2.05) is 11.0 Å². The minimum absolute atomic E-state index is 0.0553. The van der Waals surface area contributed by atoms with Gasteiger partial charge in [0.1, 0.15) is 22.7 Å². The number of hydrogen-bond acceptors (Lipinski definition) is 6. The van der Waals surface area contributed by atoms with E-state index < -0.39 is 29.3 Å². The molecule has 3 N–H and O–H groups in total. The van der Waals surface area contributed by atoms with Crippen LogP contribution < -0.4 is 20.9 Å². The van der Waals surface area contributed by atoms with Crippen LogP contribution in [0.3, 0.4) is 0 Å². The van der Waals surface area contributed by atoms with Crippen LogP contribution in [0, 0.1) is 11.7 Å². The van der Waals surface area contributed by atoms with Gasteiger partial charge in [-0.1, -0.05) is 17.7 Å². The first kappa shape index (κ1) is 27.3. The first-order chi connectivity index (χ1) is 19.7. The highest BCUT2D eigenvalue weighted by Gasteiger charge is 2.58. The Hall–Kier alpha value is -3.86. The van der Waals surface area contributed by atoms with Gasteiger partial charge in [0.15, 0.2) is 0 Å². The van der Waals surface area contributed by atoms with Crippen LogP contribution >= 0.6 is 11.6 Å². The molecule has 1 aromatic carbocycles. The van der Waals surface area contributed by atoms with Crippen LogP contribution in [0.4, 0.5) is 30.4 Å². The summed E-state index contributed by atoms with van der Waals surface area (Å²) in [6.45, 7) is 1.28. The van der Waals surface area contributed by atoms with Gasteiger partial charge in [0.2, 0.25) is 5.91 Å². The number of carbonyl (C=O) groups is 2. The fraction of sp³-hybridized carbons (Fsp3) is 0.379. The van der Waals surface area contributed by atoms with Crippen molar-refractivity contribution in [2.45, 2.75) is 43.6 Å². The average Bonchev–Trinajstić information content (AvgIpc) is 3.16. The Morgan fingerprint density at radius 1 is 1.12 bits per heavy atom. The minimum atomic E-state index is -2.90. The average molecular weight is 585 g/mol. The molecule has 2 aromatic heterocycles. The fourth-order valence-electron chi connectivity index (χ4n) is 6.37. The largest absolute Gasteiger partial charge is 0.382 e. The van der Waals surface area contributed by atoms with Crippen LogP contribution in [0.15, 0.2) is 48.8 Å². The zero-order valence-corrected chi connectivity index (χ0v) is 22.8. The van der Waals surface area contributed by atoms with Gasteiger partial charge in [-0.15, -0.1) is 0 Å². The highest BCUT2D eigenvalue weighted by Crippen LogP contribution is 2.50. The third kappa shape index (κ3) is 4.86. The third-order valence-corrected chi connectivity index (χ3v) is 8.67. The van der Waals surface area contributed by atoms with Crippen LogP contribution in [0.5, 0.6) is 0 Å². The Bertz CT molecular complexity index is 1510. The Balaban J connectivity index is 1.12. The summed E-state index contributed by atoms with van der Waals surface area (Å²) in [5.74, 6) is -0.571. The van der Waals surface area contributed by atoms with Gasteiger partial charge in [-0.25, -0.2) is 18.2 Å². The summed E-state index contributed by atoms with van der Waals surface area (Å²) in [5, 5.41) is 2.94. The molecule has 2 amide bonds. The molecular weight excluding hydrogens is 557 g/mol. The van der Waals surface area contributed by atoms with E-state index in [9.17, 15) is 22.8 Å². The molecule has 41 heavy (non-hydrogen) atoms. The van der Waals surface area contributed by atoms with Crippen molar-refractivity contribution in [3.8, 4) is 0 Å². The van der Waals surface area contributed by atoms with Gasteiger partial charge in [0, 0.05) is 38.1 Å². The third-order valence-electron chi connectivity index (χ3n) is 8.46. The molecule has 1 spiro atoms. The molecule has 6 rings (SSSR count). The maximum absolute atomic E-state index is 14.4. The normalized spacial score (nSPS) is 21.2. The number of amides is 2. The number of aromatic nitrogens is 2. The lowest BCUT2D eigenvalue weighted by molar-refractivity contribution is -0.124.